The second kappa shape index (κ2) is 10.1. The Hall–Kier alpha value is -2.87. The number of aryl methyl sites for hydroxylation is 1. The number of nitrogens with zero attached hydrogens (tertiary/aromatic N) is 2. The van der Waals surface area contributed by atoms with E-state index in [2.05, 4.69) is 29.8 Å². The molecule has 7 nitrogen and oxygen atoms in total. The summed E-state index contributed by atoms with van der Waals surface area (Å²) in [6, 6.07) is 5.74. The summed E-state index contributed by atoms with van der Waals surface area (Å²) in [5.41, 5.74) is 5.79. The summed E-state index contributed by atoms with van der Waals surface area (Å²) in [5.74, 6) is -1.46. The first-order chi connectivity index (χ1) is 13.7. The van der Waals surface area contributed by atoms with Crippen LogP contribution in [0.25, 0.3) is 6.08 Å². The van der Waals surface area contributed by atoms with Crippen molar-refractivity contribution < 1.29 is 18.7 Å². The maximum atomic E-state index is 13.6. The fourth-order valence-electron chi connectivity index (χ4n) is 2.43. The summed E-state index contributed by atoms with van der Waals surface area (Å²) >= 11 is 6.32. The van der Waals surface area contributed by atoms with Gasteiger partial charge in [0.2, 0.25) is 0 Å². The molecule has 1 aromatic carbocycles. The van der Waals surface area contributed by atoms with E-state index in [1.165, 1.54) is 37.3 Å². The van der Waals surface area contributed by atoms with Crippen molar-refractivity contribution >= 4 is 29.5 Å². The van der Waals surface area contributed by atoms with Gasteiger partial charge in [-0.2, -0.15) is 5.10 Å². The van der Waals surface area contributed by atoms with Crippen molar-refractivity contribution in [2.24, 2.45) is 5.92 Å². The second-order valence-corrected chi connectivity index (χ2v) is 7.23. The van der Waals surface area contributed by atoms with E-state index in [1.54, 1.807) is 17.7 Å². The van der Waals surface area contributed by atoms with Crippen LogP contribution in [-0.2, 0) is 16.1 Å². The highest BCUT2D eigenvalue weighted by Gasteiger charge is 2.17. The minimum atomic E-state index is -1.01. The van der Waals surface area contributed by atoms with E-state index in [9.17, 15) is 14.0 Å². The van der Waals surface area contributed by atoms with Gasteiger partial charge in [-0.05, 0) is 38.0 Å². The highest BCUT2D eigenvalue weighted by Crippen LogP contribution is 2.22. The van der Waals surface area contributed by atoms with Crippen molar-refractivity contribution in [1.29, 1.82) is 0 Å². The van der Waals surface area contributed by atoms with E-state index < -0.39 is 23.7 Å². The molecule has 29 heavy (non-hydrogen) atoms. The number of rotatable bonds is 7. The van der Waals surface area contributed by atoms with E-state index in [0.29, 0.717) is 28.9 Å². The lowest BCUT2D eigenvalue weighted by atomic mass is 10.2. The van der Waals surface area contributed by atoms with Crippen LogP contribution in [-0.4, -0.2) is 27.7 Å². The van der Waals surface area contributed by atoms with E-state index in [1.807, 2.05) is 0 Å². The predicted molar refractivity (Wildman–Crippen MR) is 109 cm³/mol. The number of amides is 2. The van der Waals surface area contributed by atoms with E-state index in [0.717, 1.165) is 0 Å². The normalized spacial score (nSPS) is 12.2. The number of ether oxygens (including phenoxy) is 1. The molecule has 0 bridgehead atoms. The molecule has 0 fully saturated rings. The SMILES string of the molecule is Cc1nn(CC(C)C)c(Cl)c1/C=C/C(=O)NNC(=O)[C@H](C)Oc1ccccc1F. The first-order valence-electron chi connectivity index (χ1n) is 9.11. The maximum Gasteiger partial charge on any atom is 0.279 e. The average Bonchev–Trinajstić information content (AvgIpc) is 2.92. The van der Waals surface area contributed by atoms with Crippen molar-refractivity contribution in [2.75, 3.05) is 0 Å². The molecule has 9 heteroatoms. The van der Waals surface area contributed by atoms with Crippen LogP contribution < -0.4 is 15.6 Å². The summed E-state index contributed by atoms with van der Waals surface area (Å²) in [7, 11) is 0. The smallest absolute Gasteiger partial charge is 0.279 e. The number of hydrogen-bond donors (Lipinski definition) is 2. The van der Waals surface area contributed by atoms with Gasteiger partial charge in [0, 0.05) is 18.2 Å². The zero-order chi connectivity index (χ0) is 21.6. The molecule has 0 spiro atoms. The number of para-hydroxylation sites is 1. The third-order valence-electron chi connectivity index (χ3n) is 3.87. The van der Waals surface area contributed by atoms with Crippen molar-refractivity contribution in [3.05, 3.63) is 52.6 Å². The molecule has 0 unspecified atom stereocenters. The molecule has 1 aromatic heterocycles. The Morgan fingerprint density at radius 2 is 1.97 bits per heavy atom. The fourth-order valence-corrected chi connectivity index (χ4v) is 2.74. The van der Waals surface area contributed by atoms with E-state index in [-0.39, 0.29) is 5.75 Å². The molecule has 0 aliphatic heterocycles. The lowest BCUT2D eigenvalue weighted by molar-refractivity contribution is -0.131. The monoisotopic (exact) mass is 422 g/mol. The van der Waals surface area contributed by atoms with Crippen LogP contribution in [0, 0.1) is 18.7 Å². The molecule has 156 valence electrons. The van der Waals surface area contributed by atoms with Gasteiger partial charge in [0.15, 0.2) is 17.7 Å². The van der Waals surface area contributed by atoms with Crippen LogP contribution in [0.1, 0.15) is 32.0 Å². The quantitative estimate of drug-likeness (QED) is 0.529. The minimum absolute atomic E-state index is 0.0510. The van der Waals surface area contributed by atoms with Gasteiger partial charge in [-0.25, -0.2) is 4.39 Å². The van der Waals surface area contributed by atoms with Crippen LogP contribution in [0.15, 0.2) is 30.3 Å². The van der Waals surface area contributed by atoms with Gasteiger partial charge in [-0.1, -0.05) is 37.6 Å². The predicted octanol–water partition coefficient (Wildman–Crippen LogP) is 3.27. The molecule has 2 rings (SSSR count). The molecule has 2 N–H and O–H groups in total. The van der Waals surface area contributed by atoms with Crippen LogP contribution in [0.5, 0.6) is 5.75 Å². The van der Waals surface area contributed by atoms with Gasteiger partial charge in [0.25, 0.3) is 11.8 Å². The van der Waals surface area contributed by atoms with Gasteiger partial charge < -0.3 is 4.74 Å². The molecule has 1 heterocycles. The number of carbonyl (C=O) groups excluding carboxylic acids is 2. The number of hydrogen-bond acceptors (Lipinski definition) is 4. The molecular weight excluding hydrogens is 399 g/mol. The topological polar surface area (TPSA) is 85.3 Å². The summed E-state index contributed by atoms with van der Waals surface area (Å²) in [5, 5.41) is 4.80. The molecule has 0 saturated carbocycles. The maximum absolute atomic E-state index is 13.6. The standard InChI is InChI=1S/C20H24ClFN4O3/c1-12(2)11-26-19(21)15(13(3)25-26)9-10-18(27)23-24-20(28)14(4)29-17-8-6-5-7-16(17)22/h5-10,12,14H,11H2,1-4H3,(H,23,27)(H,24,28)/b10-9+/t14-/m0/s1. The third kappa shape index (κ3) is 6.32. The molecule has 0 aliphatic carbocycles. The lowest BCUT2D eigenvalue weighted by Gasteiger charge is -2.15. The number of nitrogens with one attached hydrogen (secondary N) is 2. The third-order valence-corrected chi connectivity index (χ3v) is 4.27. The first kappa shape index (κ1) is 22.4. The largest absolute Gasteiger partial charge is 0.478 e. The Balaban J connectivity index is 1.90. The first-order valence-corrected chi connectivity index (χ1v) is 9.48. The Labute approximate surface area is 173 Å². The highest BCUT2D eigenvalue weighted by molar-refractivity contribution is 6.31. The molecule has 0 radical (unpaired) electrons. The number of benzene rings is 1. The summed E-state index contributed by atoms with van der Waals surface area (Å²) in [4.78, 5) is 24.0. The summed E-state index contributed by atoms with van der Waals surface area (Å²) < 4.78 is 20.5. The molecular formula is C20H24ClFN4O3. The van der Waals surface area contributed by atoms with Crippen LogP contribution >= 0.6 is 11.6 Å². The molecule has 1 atom stereocenters. The Bertz CT molecular complexity index is 911. The number of halogens is 2. The van der Waals surface area contributed by atoms with Crippen LogP contribution in [0.2, 0.25) is 5.15 Å². The average molecular weight is 423 g/mol. The van der Waals surface area contributed by atoms with Gasteiger partial charge in [-0.3, -0.25) is 25.1 Å². The number of carbonyl (C=O) groups is 2. The van der Waals surface area contributed by atoms with Crippen molar-refractivity contribution in [3.8, 4) is 5.75 Å². The van der Waals surface area contributed by atoms with Gasteiger partial charge in [0.05, 0.1) is 5.69 Å². The van der Waals surface area contributed by atoms with Crippen LogP contribution in [0.3, 0.4) is 0 Å². The number of aromatic nitrogens is 2. The van der Waals surface area contributed by atoms with Crippen LogP contribution in [0.4, 0.5) is 4.39 Å². The Morgan fingerprint density at radius 1 is 1.28 bits per heavy atom. The highest BCUT2D eigenvalue weighted by atomic mass is 35.5. The van der Waals surface area contributed by atoms with Crippen molar-refractivity contribution in [1.82, 2.24) is 20.6 Å². The molecule has 0 aliphatic rings. The number of hydrazine groups is 1. The van der Waals surface area contributed by atoms with Gasteiger partial charge >= 0.3 is 0 Å². The zero-order valence-corrected chi connectivity index (χ0v) is 17.5. The van der Waals surface area contributed by atoms with E-state index in [4.69, 9.17) is 16.3 Å². The lowest BCUT2D eigenvalue weighted by Crippen LogP contribution is -2.46. The summed E-state index contributed by atoms with van der Waals surface area (Å²) in [6.45, 7) is 8.00. The Kier molecular flexibility index (Phi) is 7.78. The van der Waals surface area contributed by atoms with Crippen molar-refractivity contribution in [3.63, 3.8) is 0 Å². The van der Waals surface area contributed by atoms with Gasteiger partial charge in [0.1, 0.15) is 5.15 Å². The minimum Gasteiger partial charge on any atom is -0.478 e. The second-order valence-electron chi connectivity index (χ2n) is 6.87. The fraction of sp³-hybridized carbons (Fsp3) is 0.350. The van der Waals surface area contributed by atoms with Crippen molar-refractivity contribution in [2.45, 2.75) is 40.3 Å². The zero-order valence-electron chi connectivity index (χ0n) is 16.7. The Morgan fingerprint density at radius 3 is 2.62 bits per heavy atom. The summed E-state index contributed by atoms with van der Waals surface area (Å²) in [6.07, 6.45) is 1.75. The molecule has 2 amide bonds. The molecule has 0 saturated heterocycles. The van der Waals surface area contributed by atoms with E-state index >= 15 is 0 Å². The van der Waals surface area contributed by atoms with Gasteiger partial charge in [-0.15, -0.1) is 0 Å². The molecule has 2 aromatic rings.